The number of hydrogen-bond acceptors (Lipinski definition) is 6. The first-order valence-corrected chi connectivity index (χ1v) is 8.87. The molecule has 9 heteroatoms. The average Bonchev–Trinajstić information content (AvgIpc) is 2.90. The van der Waals surface area contributed by atoms with Crippen LogP contribution in [0.3, 0.4) is 0 Å². The van der Waals surface area contributed by atoms with Gasteiger partial charge in [-0.1, -0.05) is 47.7 Å². The lowest BCUT2D eigenvalue weighted by Crippen LogP contribution is -2.27. The second kappa shape index (κ2) is 7.45. The zero-order chi connectivity index (χ0) is 18.8. The van der Waals surface area contributed by atoms with E-state index in [1.807, 2.05) is 0 Å². The van der Waals surface area contributed by atoms with E-state index in [0.717, 1.165) is 11.8 Å². The molecule has 26 heavy (non-hydrogen) atoms. The monoisotopic (exact) mass is 406 g/mol. The summed E-state index contributed by atoms with van der Waals surface area (Å²) in [6.45, 7) is 0. The Labute approximate surface area is 163 Å². The summed E-state index contributed by atoms with van der Waals surface area (Å²) in [6.07, 6.45) is 1.50. The van der Waals surface area contributed by atoms with E-state index < -0.39 is 4.92 Å². The maximum atomic E-state index is 12.8. The van der Waals surface area contributed by atoms with Crippen LogP contribution in [0.4, 0.5) is 11.4 Å². The summed E-state index contributed by atoms with van der Waals surface area (Å²) < 4.78 is 5.63. The first-order valence-electron chi connectivity index (χ1n) is 7.27. The first-order chi connectivity index (χ1) is 12.4. The second-order valence-electron chi connectivity index (χ2n) is 5.15. The van der Waals surface area contributed by atoms with E-state index in [1.54, 1.807) is 24.3 Å². The number of amides is 1. The van der Waals surface area contributed by atoms with Crippen LogP contribution in [0.1, 0.15) is 5.56 Å². The highest BCUT2D eigenvalue weighted by molar-refractivity contribution is 8.27. The van der Waals surface area contributed by atoms with Crippen LogP contribution < -0.4 is 9.64 Å². The number of hydrogen-bond donors (Lipinski definition) is 0. The molecule has 0 radical (unpaired) electrons. The highest BCUT2D eigenvalue weighted by atomic mass is 35.5. The molecule has 0 spiro atoms. The fourth-order valence-electron chi connectivity index (χ4n) is 2.39. The van der Waals surface area contributed by atoms with Gasteiger partial charge in [0.25, 0.3) is 11.6 Å². The fraction of sp³-hybridized carbons (Fsp3) is 0.0588. The number of para-hydroxylation sites is 2. The van der Waals surface area contributed by atoms with Gasteiger partial charge in [0.05, 0.1) is 22.6 Å². The number of ether oxygens (including phenoxy) is 1. The van der Waals surface area contributed by atoms with E-state index in [1.165, 1.54) is 36.3 Å². The van der Waals surface area contributed by atoms with E-state index in [-0.39, 0.29) is 11.6 Å². The minimum absolute atomic E-state index is 0.110. The SMILES string of the molecule is COc1ccccc1N1C(=O)/C(=C\c2cc([N+](=O)[O-])ccc2Cl)SC1=S. The number of carbonyl (C=O) groups is 1. The summed E-state index contributed by atoms with van der Waals surface area (Å²) >= 11 is 12.5. The third-order valence-corrected chi connectivity index (χ3v) is 5.24. The normalized spacial score (nSPS) is 15.6. The molecule has 1 fully saturated rings. The molecule has 3 rings (SSSR count). The summed E-state index contributed by atoms with van der Waals surface area (Å²) in [5.74, 6) is 0.172. The molecule has 132 valence electrons. The largest absolute Gasteiger partial charge is 0.495 e. The smallest absolute Gasteiger partial charge is 0.270 e. The van der Waals surface area contributed by atoms with Crippen molar-refractivity contribution in [1.29, 1.82) is 0 Å². The van der Waals surface area contributed by atoms with Crippen molar-refractivity contribution in [2.45, 2.75) is 0 Å². The van der Waals surface area contributed by atoms with Crippen molar-refractivity contribution in [3.8, 4) is 5.75 Å². The molecule has 1 aliphatic rings. The summed E-state index contributed by atoms with van der Waals surface area (Å²) in [7, 11) is 1.51. The average molecular weight is 407 g/mol. The lowest BCUT2D eigenvalue weighted by molar-refractivity contribution is -0.384. The molecule has 1 heterocycles. The first kappa shape index (κ1) is 18.4. The van der Waals surface area contributed by atoms with Gasteiger partial charge in [-0.05, 0) is 24.3 Å². The quantitative estimate of drug-likeness (QED) is 0.318. The lowest BCUT2D eigenvalue weighted by atomic mass is 10.2. The van der Waals surface area contributed by atoms with Gasteiger partial charge in [-0.15, -0.1) is 0 Å². The highest BCUT2D eigenvalue weighted by Gasteiger charge is 2.35. The number of carbonyl (C=O) groups excluding carboxylic acids is 1. The molecule has 2 aromatic rings. The van der Waals surface area contributed by atoms with Crippen molar-refractivity contribution >= 4 is 63.3 Å². The van der Waals surface area contributed by atoms with Crippen molar-refractivity contribution in [3.05, 3.63) is 68.1 Å². The third kappa shape index (κ3) is 3.44. The topological polar surface area (TPSA) is 72.7 Å². The van der Waals surface area contributed by atoms with E-state index in [9.17, 15) is 14.9 Å². The molecule has 1 aliphatic heterocycles. The number of benzene rings is 2. The molecular formula is C17H11ClN2O4S2. The van der Waals surface area contributed by atoms with Crippen LogP contribution >= 0.6 is 35.6 Å². The number of nitrogens with zero attached hydrogens (tertiary/aromatic N) is 2. The number of thioether (sulfide) groups is 1. The van der Waals surface area contributed by atoms with Gasteiger partial charge in [-0.2, -0.15) is 0 Å². The minimum Gasteiger partial charge on any atom is -0.495 e. The molecule has 6 nitrogen and oxygen atoms in total. The van der Waals surface area contributed by atoms with Gasteiger partial charge in [0, 0.05) is 22.7 Å². The standard InChI is InChI=1S/C17H11ClN2O4S2/c1-24-14-5-3-2-4-13(14)19-16(21)15(26-17(19)25)9-10-8-11(20(22)23)6-7-12(10)18/h2-9H,1H3/b15-9+. The van der Waals surface area contributed by atoms with Crippen LogP contribution in [0.2, 0.25) is 5.02 Å². The van der Waals surface area contributed by atoms with Gasteiger partial charge in [0.1, 0.15) is 5.75 Å². The molecule has 0 aromatic heterocycles. The van der Waals surface area contributed by atoms with Gasteiger partial charge in [-0.25, -0.2) is 0 Å². The van der Waals surface area contributed by atoms with Crippen molar-refractivity contribution < 1.29 is 14.5 Å². The minimum atomic E-state index is -0.520. The van der Waals surface area contributed by atoms with E-state index >= 15 is 0 Å². The Morgan fingerprint density at radius 1 is 1.31 bits per heavy atom. The Morgan fingerprint density at radius 2 is 2.04 bits per heavy atom. The molecule has 0 bridgehead atoms. The van der Waals surface area contributed by atoms with Crippen LogP contribution in [0.5, 0.6) is 5.75 Å². The van der Waals surface area contributed by atoms with Gasteiger partial charge in [0.15, 0.2) is 4.32 Å². The Kier molecular flexibility index (Phi) is 5.26. The molecular weight excluding hydrogens is 396 g/mol. The Hall–Kier alpha value is -2.42. The number of thiocarbonyl (C=S) groups is 1. The number of non-ortho nitro benzene ring substituents is 1. The predicted molar refractivity (Wildman–Crippen MR) is 107 cm³/mol. The summed E-state index contributed by atoms with van der Waals surface area (Å²) in [5, 5.41) is 11.3. The van der Waals surface area contributed by atoms with Crippen molar-refractivity contribution in [2.24, 2.45) is 0 Å². The highest BCUT2D eigenvalue weighted by Crippen LogP contribution is 2.40. The number of anilines is 1. The summed E-state index contributed by atoms with van der Waals surface area (Å²) in [6, 6.07) is 11.1. The Morgan fingerprint density at radius 3 is 2.73 bits per heavy atom. The maximum absolute atomic E-state index is 12.8. The number of halogens is 1. The molecule has 0 aliphatic carbocycles. The number of nitro groups is 1. The second-order valence-corrected chi connectivity index (χ2v) is 7.23. The zero-order valence-corrected chi connectivity index (χ0v) is 15.7. The van der Waals surface area contributed by atoms with Gasteiger partial charge >= 0.3 is 0 Å². The van der Waals surface area contributed by atoms with Crippen molar-refractivity contribution in [2.75, 3.05) is 12.0 Å². The van der Waals surface area contributed by atoms with Crippen molar-refractivity contribution in [3.63, 3.8) is 0 Å². The molecule has 1 amide bonds. The van der Waals surface area contributed by atoms with Crippen LogP contribution in [0, 0.1) is 10.1 Å². The van der Waals surface area contributed by atoms with Crippen LogP contribution in [-0.2, 0) is 4.79 Å². The summed E-state index contributed by atoms with van der Waals surface area (Å²) in [4.78, 5) is 25.0. The van der Waals surface area contributed by atoms with E-state index in [4.69, 9.17) is 28.6 Å². The van der Waals surface area contributed by atoms with E-state index in [2.05, 4.69) is 0 Å². The van der Waals surface area contributed by atoms with Crippen molar-refractivity contribution in [1.82, 2.24) is 0 Å². The Balaban J connectivity index is 2.01. The summed E-state index contributed by atoms with van der Waals surface area (Å²) in [5.41, 5.74) is 0.799. The van der Waals surface area contributed by atoms with Crippen LogP contribution in [-0.4, -0.2) is 22.3 Å². The molecule has 0 unspecified atom stereocenters. The van der Waals surface area contributed by atoms with Gasteiger partial charge < -0.3 is 4.74 Å². The van der Waals surface area contributed by atoms with Crippen LogP contribution in [0.25, 0.3) is 6.08 Å². The van der Waals surface area contributed by atoms with Gasteiger partial charge in [0.2, 0.25) is 0 Å². The molecule has 2 aromatic carbocycles. The van der Waals surface area contributed by atoms with Crippen LogP contribution in [0.15, 0.2) is 47.4 Å². The third-order valence-electron chi connectivity index (χ3n) is 3.60. The number of nitro benzene ring substituents is 1. The number of methoxy groups -OCH3 is 1. The molecule has 0 atom stereocenters. The fourth-order valence-corrected chi connectivity index (χ4v) is 3.83. The lowest BCUT2D eigenvalue weighted by Gasteiger charge is -2.17. The van der Waals surface area contributed by atoms with Gasteiger partial charge in [-0.3, -0.25) is 19.8 Å². The zero-order valence-electron chi connectivity index (χ0n) is 13.3. The molecule has 0 saturated carbocycles. The maximum Gasteiger partial charge on any atom is 0.270 e. The number of rotatable bonds is 4. The predicted octanol–water partition coefficient (Wildman–Crippen LogP) is 4.66. The molecule has 1 saturated heterocycles. The Bertz CT molecular complexity index is 962. The molecule has 0 N–H and O–H groups in total. The van der Waals surface area contributed by atoms with E-state index in [0.29, 0.717) is 31.2 Å².